The van der Waals surface area contributed by atoms with E-state index in [0.29, 0.717) is 6.54 Å². The number of carboxylic acid groups (broad SMARTS) is 1. The van der Waals surface area contributed by atoms with E-state index in [1.807, 2.05) is 19.2 Å². The van der Waals surface area contributed by atoms with Crippen molar-refractivity contribution in [2.75, 3.05) is 13.1 Å². The summed E-state index contributed by atoms with van der Waals surface area (Å²) in [5.74, 6) is -1.51. The van der Waals surface area contributed by atoms with Gasteiger partial charge >= 0.3 is 5.97 Å². The van der Waals surface area contributed by atoms with Crippen LogP contribution >= 0.6 is 11.3 Å². The third-order valence-electron chi connectivity index (χ3n) is 2.65. The summed E-state index contributed by atoms with van der Waals surface area (Å²) in [6.45, 7) is 6.10. The van der Waals surface area contributed by atoms with Gasteiger partial charge in [0.25, 0.3) is 0 Å². The molecular weight excluding hydrogens is 252 g/mol. The van der Waals surface area contributed by atoms with Gasteiger partial charge in [0.2, 0.25) is 5.91 Å². The topological polar surface area (TPSA) is 70.5 Å². The van der Waals surface area contributed by atoms with E-state index in [1.54, 1.807) is 11.8 Å². The lowest BCUT2D eigenvalue weighted by Gasteiger charge is -2.22. The average molecular weight is 270 g/mol. The van der Waals surface area contributed by atoms with E-state index in [4.69, 9.17) is 5.11 Å². The highest BCUT2D eigenvalue weighted by molar-refractivity contribution is 7.09. The number of rotatable bonds is 6. The second-order valence-corrected chi connectivity index (χ2v) is 5.27. The first-order chi connectivity index (χ1) is 8.43. The Morgan fingerprint density at radius 1 is 1.56 bits per heavy atom. The highest BCUT2D eigenvalue weighted by Gasteiger charge is 2.19. The fourth-order valence-electron chi connectivity index (χ4n) is 1.57. The van der Waals surface area contributed by atoms with Crippen LogP contribution in [0.15, 0.2) is 5.38 Å². The number of aryl methyl sites for hydroxylation is 1. The number of aromatic nitrogens is 1. The van der Waals surface area contributed by atoms with Crippen LogP contribution in [0.3, 0.4) is 0 Å². The Balaban J connectivity index is 2.59. The molecule has 0 saturated heterocycles. The lowest BCUT2D eigenvalue weighted by Crippen LogP contribution is -2.37. The maximum Gasteiger partial charge on any atom is 0.308 e. The van der Waals surface area contributed by atoms with Crippen LogP contribution in [-0.2, 0) is 16.0 Å². The summed E-state index contributed by atoms with van der Waals surface area (Å²) < 4.78 is 0. The molecule has 0 aromatic carbocycles. The zero-order valence-corrected chi connectivity index (χ0v) is 11.7. The third-order valence-corrected chi connectivity index (χ3v) is 3.47. The molecular formula is C12H18N2O3S. The number of aliphatic carboxylic acids is 1. The Hall–Kier alpha value is -1.43. The van der Waals surface area contributed by atoms with Crippen LogP contribution in [0, 0.1) is 12.8 Å². The van der Waals surface area contributed by atoms with Gasteiger partial charge in [-0.05, 0) is 13.8 Å². The number of carbonyl (C=O) groups is 2. The van der Waals surface area contributed by atoms with Crippen molar-refractivity contribution in [1.82, 2.24) is 9.88 Å². The molecule has 18 heavy (non-hydrogen) atoms. The van der Waals surface area contributed by atoms with Crippen molar-refractivity contribution in [3.8, 4) is 0 Å². The zero-order chi connectivity index (χ0) is 13.7. The van der Waals surface area contributed by atoms with Crippen molar-refractivity contribution in [2.45, 2.75) is 27.2 Å². The Morgan fingerprint density at radius 3 is 2.67 bits per heavy atom. The summed E-state index contributed by atoms with van der Waals surface area (Å²) in [5, 5.41) is 11.6. The van der Waals surface area contributed by atoms with E-state index >= 15 is 0 Å². The summed E-state index contributed by atoms with van der Waals surface area (Å²) in [5.41, 5.74) is 0.754. The van der Waals surface area contributed by atoms with Crippen LogP contribution < -0.4 is 0 Å². The summed E-state index contributed by atoms with van der Waals surface area (Å²) >= 11 is 1.51. The van der Waals surface area contributed by atoms with Gasteiger partial charge in [-0.3, -0.25) is 9.59 Å². The van der Waals surface area contributed by atoms with Gasteiger partial charge in [0.1, 0.15) is 0 Å². The van der Waals surface area contributed by atoms with Crippen LogP contribution in [-0.4, -0.2) is 40.0 Å². The van der Waals surface area contributed by atoms with Gasteiger partial charge in [-0.25, -0.2) is 4.98 Å². The molecule has 0 radical (unpaired) electrons. The van der Waals surface area contributed by atoms with Gasteiger partial charge in [-0.15, -0.1) is 11.3 Å². The number of carbonyl (C=O) groups excluding carboxylic acids is 1. The van der Waals surface area contributed by atoms with Crippen molar-refractivity contribution in [3.05, 3.63) is 16.1 Å². The minimum atomic E-state index is -0.884. The molecule has 1 heterocycles. The third kappa shape index (κ3) is 4.10. The summed E-state index contributed by atoms with van der Waals surface area (Å²) in [6.07, 6.45) is 0.241. The van der Waals surface area contributed by atoms with Crippen LogP contribution in [0.1, 0.15) is 24.5 Å². The van der Waals surface area contributed by atoms with Gasteiger partial charge in [-0.1, -0.05) is 6.92 Å². The molecule has 1 N–H and O–H groups in total. The minimum absolute atomic E-state index is 0.0732. The molecule has 1 amide bonds. The Kier molecular flexibility index (Phi) is 5.27. The highest BCUT2D eigenvalue weighted by Crippen LogP contribution is 2.10. The second kappa shape index (κ2) is 6.49. The molecule has 1 unspecified atom stereocenters. The molecule has 0 aliphatic heterocycles. The van der Waals surface area contributed by atoms with Crippen LogP contribution in [0.25, 0.3) is 0 Å². The van der Waals surface area contributed by atoms with Crippen molar-refractivity contribution in [2.24, 2.45) is 5.92 Å². The zero-order valence-electron chi connectivity index (χ0n) is 10.8. The fourth-order valence-corrected chi connectivity index (χ4v) is 2.18. The Bertz CT molecular complexity index is 431. The number of hydrogen-bond donors (Lipinski definition) is 1. The van der Waals surface area contributed by atoms with Gasteiger partial charge in [0.15, 0.2) is 0 Å². The number of thiazole rings is 1. The van der Waals surface area contributed by atoms with Crippen molar-refractivity contribution in [1.29, 1.82) is 0 Å². The molecule has 0 aliphatic carbocycles. The molecule has 6 heteroatoms. The first-order valence-corrected chi connectivity index (χ1v) is 6.73. The van der Waals surface area contributed by atoms with E-state index < -0.39 is 11.9 Å². The van der Waals surface area contributed by atoms with Gasteiger partial charge in [0, 0.05) is 18.5 Å². The molecule has 1 atom stereocenters. The summed E-state index contributed by atoms with van der Waals surface area (Å²) in [6, 6.07) is 0. The van der Waals surface area contributed by atoms with E-state index in [9.17, 15) is 9.59 Å². The molecule has 0 aliphatic rings. The van der Waals surface area contributed by atoms with E-state index in [0.717, 1.165) is 10.7 Å². The number of carboxylic acids is 1. The van der Waals surface area contributed by atoms with Crippen LogP contribution in [0.2, 0.25) is 0 Å². The van der Waals surface area contributed by atoms with Crippen LogP contribution in [0.5, 0.6) is 0 Å². The number of amides is 1. The predicted octanol–water partition coefficient (Wildman–Crippen LogP) is 1.56. The smallest absolute Gasteiger partial charge is 0.308 e. The van der Waals surface area contributed by atoms with Gasteiger partial charge < -0.3 is 10.0 Å². The molecule has 100 valence electrons. The number of likely N-dealkylation sites (N-methyl/N-ethyl adjacent to an activating group) is 1. The van der Waals surface area contributed by atoms with Crippen molar-refractivity contribution in [3.63, 3.8) is 0 Å². The maximum absolute atomic E-state index is 12.0. The summed E-state index contributed by atoms with van der Waals surface area (Å²) in [7, 11) is 0. The Morgan fingerprint density at radius 2 is 2.22 bits per heavy atom. The summed E-state index contributed by atoms with van der Waals surface area (Å²) in [4.78, 5) is 28.6. The predicted molar refractivity (Wildman–Crippen MR) is 69.6 cm³/mol. The Labute approximate surface area is 110 Å². The normalized spacial score (nSPS) is 12.2. The number of hydrogen-bond acceptors (Lipinski definition) is 4. The molecule has 0 saturated carbocycles. The van der Waals surface area contributed by atoms with Crippen molar-refractivity contribution < 1.29 is 14.7 Å². The van der Waals surface area contributed by atoms with Gasteiger partial charge in [0.05, 0.1) is 23.0 Å². The van der Waals surface area contributed by atoms with Gasteiger partial charge in [-0.2, -0.15) is 0 Å². The molecule has 0 fully saturated rings. The first-order valence-electron chi connectivity index (χ1n) is 5.85. The highest BCUT2D eigenvalue weighted by atomic mass is 32.1. The monoisotopic (exact) mass is 270 g/mol. The molecule has 0 spiro atoms. The standard InChI is InChI=1S/C12H18N2O3S/c1-4-14(6-8(2)12(16)17)11(15)5-10-7-18-9(3)13-10/h7-8H,4-6H2,1-3H3,(H,16,17). The van der Waals surface area contributed by atoms with Crippen molar-refractivity contribution >= 4 is 23.2 Å². The van der Waals surface area contributed by atoms with E-state index in [-0.39, 0.29) is 18.9 Å². The molecule has 1 aromatic rings. The quantitative estimate of drug-likeness (QED) is 0.851. The first kappa shape index (κ1) is 14.6. The second-order valence-electron chi connectivity index (χ2n) is 4.21. The lowest BCUT2D eigenvalue weighted by atomic mass is 10.1. The lowest BCUT2D eigenvalue weighted by molar-refractivity contribution is -0.142. The molecule has 1 aromatic heterocycles. The largest absolute Gasteiger partial charge is 0.481 e. The van der Waals surface area contributed by atoms with Crippen LogP contribution in [0.4, 0.5) is 0 Å². The molecule has 0 bridgehead atoms. The maximum atomic E-state index is 12.0. The minimum Gasteiger partial charge on any atom is -0.481 e. The SMILES string of the molecule is CCN(CC(C)C(=O)O)C(=O)Cc1csc(C)n1. The molecule has 5 nitrogen and oxygen atoms in total. The average Bonchev–Trinajstić information content (AvgIpc) is 2.70. The molecule has 1 rings (SSSR count). The van der Waals surface area contributed by atoms with E-state index in [1.165, 1.54) is 11.3 Å². The fraction of sp³-hybridized carbons (Fsp3) is 0.583. The van der Waals surface area contributed by atoms with E-state index in [2.05, 4.69) is 4.98 Å². The number of nitrogens with zero attached hydrogens (tertiary/aromatic N) is 2.